The van der Waals surface area contributed by atoms with E-state index in [1.165, 1.54) is 0 Å². The Morgan fingerprint density at radius 1 is 1.25 bits per heavy atom. The van der Waals surface area contributed by atoms with E-state index in [0.717, 1.165) is 11.3 Å². The largest absolute Gasteiger partial charge is 0.460 e. The fourth-order valence-corrected chi connectivity index (χ4v) is 1.87. The molecule has 1 N–H and O–H groups in total. The molecule has 0 aliphatic carbocycles. The third-order valence-electron chi connectivity index (χ3n) is 2.69. The van der Waals surface area contributed by atoms with Crippen molar-refractivity contribution in [3.63, 3.8) is 0 Å². The lowest BCUT2D eigenvalue weighted by atomic mass is 10.0. The van der Waals surface area contributed by atoms with Crippen molar-refractivity contribution in [2.75, 3.05) is 11.9 Å². The summed E-state index contributed by atoms with van der Waals surface area (Å²) in [6.45, 7) is 5.62. The summed E-state index contributed by atoms with van der Waals surface area (Å²) in [6.07, 6.45) is 0. The van der Waals surface area contributed by atoms with Crippen molar-refractivity contribution in [2.45, 2.75) is 36.5 Å². The van der Waals surface area contributed by atoms with Crippen LogP contribution >= 0.6 is 34.8 Å². The molecule has 0 unspecified atom stereocenters. The zero-order chi connectivity index (χ0) is 15.3. The van der Waals surface area contributed by atoms with Gasteiger partial charge in [-0.15, -0.1) is 0 Å². The number of carbonyl (C=O) groups excluding carboxylic acids is 1. The first-order valence-electron chi connectivity index (χ1n) is 6.29. The van der Waals surface area contributed by atoms with Crippen LogP contribution in [0.1, 0.15) is 32.3 Å². The van der Waals surface area contributed by atoms with Crippen LogP contribution in [0.4, 0.5) is 5.69 Å². The molecule has 1 atom stereocenters. The Hall–Kier alpha value is -0.640. The topological polar surface area (TPSA) is 38.3 Å². The second-order valence-corrected chi connectivity index (χ2v) is 7.35. The smallest absolute Gasteiger partial charge is 0.328 e. The highest BCUT2D eigenvalue weighted by atomic mass is 35.6. The SMILES string of the molecule is CC(C)c1ccccc1N[C@@H](C)C(=O)OCC(Cl)(Cl)Cl. The summed E-state index contributed by atoms with van der Waals surface area (Å²) in [5.74, 6) is -0.113. The lowest BCUT2D eigenvalue weighted by Gasteiger charge is -2.19. The summed E-state index contributed by atoms with van der Waals surface area (Å²) in [4.78, 5) is 11.8. The van der Waals surface area contributed by atoms with Crippen molar-refractivity contribution in [3.05, 3.63) is 29.8 Å². The molecule has 0 heterocycles. The maximum absolute atomic E-state index is 11.8. The third kappa shape index (κ3) is 5.78. The lowest BCUT2D eigenvalue weighted by molar-refractivity contribution is -0.144. The molecule has 0 amide bonds. The van der Waals surface area contributed by atoms with Crippen molar-refractivity contribution in [2.24, 2.45) is 0 Å². The summed E-state index contributed by atoms with van der Waals surface area (Å²) in [5, 5.41) is 3.12. The highest BCUT2D eigenvalue weighted by molar-refractivity contribution is 6.67. The molecular formula is C14H18Cl3NO2. The molecule has 0 aliphatic heterocycles. The van der Waals surface area contributed by atoms with Crippen molar-refractivity contribution in [1.29, 1.82) is 0 Å². The van der Waals surface area contributed by atoms with Crippen LogP contribution in [0, 0.1) is 0 Å². The van der Waals surface area contributed by atoms with Gasteiger partial charge < -0.3 is 10.1 Å². The minimum absolute atomic E-state index is 0.269. The van der Waals surface area contributed by atoms with Gasteiger partial charge in [0.1, 0.15) is 12.6 Å². The minimum Gasteiger partial charge on any atom is -0.460 e. The zero-order valence-corrected chi connectivity index (χ0v) is 13.9. The number of carbonyl (C=O) groups is 1. The molecule has 0 saturated carbocycles. The van der Waals surface area contributed by atoms with Gasteiger partial charge in [0.25, 0.3) is 0 Å². The second-order valence-electron chi connectivity index (χ2n) is 4.83. The molecule has 1 aromatic rings. The molecule has 3 nitrogen and oxygen atoms in total. The Morgan fingerprint density at radius 3 is 2.40 bits per heavy atom. The van der Waals surface area contributed by atoms with E-state index in [1.807, 2.05) is 24.3 Å². The third-order valence-corrected chi connectivity index (χ3v) is 3.01. The van der Waals surface area contributed by atoms with Gasteiger partial charge in [0, 0.05) is 5.69 Å². The number of ether oxygens (including phenoxy) is 1. The maximum atomic E-state index is 11.8. The van der Waals surface area contributed by atoms with E-state index in [4.69, 9.17) is 39.5 Å². The number of rotatable bonds is 5. The summed E-state index contributed by atoms with van der Waals surface area (Å²) in [6, 6.07) is 7.29. The van der Waals surface area contributed by atoms with Crippen LogP contribution in [0.3, 0.4) is 0 Å². The number of alkyl halides is 3. The van der Waals surface area contributed by atoms with Crippen molar-refractivity contribution in [1.82, 2.24) is 0 Å². The van der Waals surface area contributed by atoms with Gasteiger partial charge in [0.05, 0.1) is 0 Å². The zero-order valence-electron chi connectivity index (χ0n) is 11.6. The van der Waals surface area contributed by atoms with Gasteiger partial charge >= 0.3 is 5.97 Å². The molecule has 1 rings (SSSR count). The van der Waals surface area contributed by atoms with Crippen LogP contribution in [-0.4, -0.2) is 22.4 Å². The standard InChI is InChI=1S/C14H18Cl3NO2/c1-9(2)11-6-4-5-7-12(11)18-10(3)13(19)20-8-14(15,16)17/h4-7,9-10,18H,8H2,1-3H3/t10-/m0/s1. The van der Waals surface area contributed by atoms with Crippen molar-refractivity contribution >= 4 is 46.5 Å². The monoisotopic (exact) mass is 337 g/mol. The van der Waals surface area contributed by atoms with E-state index in [2.05, 4.69) is 19.2 Å². The van der Waals surface area contributed by atoms with Gasteiger partial charge in [0.2, 0.25) is 3.79 Å². The summed E-state index contributed by atoms with van der Waals surface area (Å²) >= 11 is 16.6. The number of benzene rings is 1. The first-order chi connectivity index (χ1) is 9.20. The number of hydrogen-bond donors (Lipinski definition) is 1. The molecule has 1 aromatic carbocycles. The van der Waals surface area contributed by atoms with Crippen LogP contribution in [0.25, 0.3) is 0 Å². The summed E-state index contributed by atoms with van der Waals surface area (Å²) in [5.41, 5.74) is 2.04. The lowest BCUT2D eigenvalue weighted by Crippen LogP contribution is -2.31. The first kappa shape index (κ1) is 17.4. The molecule has 0 radical (unpaired) electrons. The van der Waals surface area contributed by atoms with Crippen LogP contribution < -0.4 is 5.32 Å². The van der Waals surface area contributed by atoms with E-state index in [9.17, 15) is 4.79 Å². The molecule has 0 spiro atoms. The number of nitrogens with one attached hydrogen (secondary N) is 1. The van der Waals surface area contributed by atoms with Gasteiger partial charge in [-0.05, 0) is 24.5 Å². The van der Waals surface area contributed by atoms with Crippen LogP contribution in [-0.2, 0) is 9.53 Å². The molecule has 0 aliphatic rings. The number of halogens is 3. The van der Waals surface area contributed by atoms with Gasteiger partial charge in [0.15, 0.2) is 0 Å². The first-order valence-corrected chi connectivity index (χ1v) is 7.43. The van der Waals surface area contributed by atoms with E-state index in [1.54, 1.807) is 6.92 Å². The van der Waals surface area contributed by atoms with Gasteiger partial charge in [-0.1, -0.05) is 66.8 Å². The van der Waals surface area contributed by atoms with Crippen LogP contribution in [0.5, 0.6) is 0 Å². The van der Waals surface area contributed by atoms with Gasteiger partial charge in [-0.25, -0.2) is 4.79 Å². The Bertz CT molecular complexity index is 458. The molecular weight excluding hydrogens is 321 g/mol. The maximum Gasteiger partial charge on any atom is 0.328 e. The highest BCUT2D eigenvalue weighted by Crippen LogP contribution is 2.27. The Kier molecular flexibility index (Phi) is 6.44. The molecule has 0 aromatic heterocycles. The van der Waals surface area contributed by atoms with Crippen LogP contribution in [0.15, 0.2) is 24.3 Å². The second kappa shape index (κ2) is 7.39. The van der Waals surface area contributed by atoms with E-state index in [0.29, 0.717) is 5.92 Å². The van der Waals surface area contributed by atoms with E-state index < -0.39 is 15.8 Å². The summed E-state index contributed by atoms with van der Waals surface area (Å²) in [7, 11) is 0. The Morgan fingerprint density at radius 2 is 1.85 bits per heavy atom. The average Bonchev–Trinajstić information content (AvgIpc) is 2.35. The normalized spacial score (nSPS) is 13.2. The Labute approximate surface area is 134 Å². The molecule has 112 valence electrons. The molecule has 0 bridgehead atoms. The highest BCUT2D eigenvalue weighted by Gasteiger charge is 2.24. The van der Waals surface area contributed by atoms with E-state index >= 15 is 0 Å². The number of para-hydroxylation sites is 1. The molecule has 0 fully saturated rings. The average molecular weight is 339 g/mol. The fraction of sp³-hybridized carbons (Fsp3) is 0.500. The predicted molar refractivity (Wildman–Crippen MR) is 84.9 cm³/mol. The molecule has 20 heavy (non-hydrogen) atoms. The van der Waals surface area contributed by atoms with Gasteiger partial charge in [-0.3, -0.25) is 0 Å². The Balaban J connectivity index is 2.66. The molecule has 0 saturated heterocycles. The molecule has 6 heteroatoms. The fourth-order valence-electron chi connectivity index (χ4n) is 1.70. The quantitative estimate of drug-likeness (QED) is 0.633. The van der Waals surface area contributed by atoms with Crippen LogP contribution in [0.2, 0.25) is 0 Å². The number of esters is 1. The van der Waals surface area contributed by atoms with Crippen molar-refractivity contribution < 1.29 is 9.53 Å². The summed E-state index contributed by atoms with van der Waals surface area (Å²) < 4.78 is 3.35. The number of anilines is 1. The predicted octanol–water partition coefficient (Wildman–Crippen LogP) is 4.52. The van der Waals surface area contributed by atoms with E-state index in [-0.39, 0.29) is 6.61 Å². The van der Waals surface area contributed by atoms with Gasteiger partial charge in [-0.2, -0.15) is 0 Å². The van der Waals surface area contributed by atoms with Crippen molar-refractivity contribution in [3.8, 4) is 0 Å². The minimum atomic E-state index is -1.59. The number of hydrogen-bond acceptors (Lipinski definition) is 3.